The molecule has 5 heteroatoms. The molecule has 0 amide bonds. The summed E-state index contributed by atoms with van der Waals surface area (Å²) in [4.78, 5) is 0. The summed E-state index contributed by atoms with van der Waals surface area (Å²) in [5.74, 6) is 0. The van der Waals surface area contributed by atoms with Gasteiger partial charge in [-0.1, -0.05) is 19.3 Å². The average Bonchev–Trinajstić information content (AvgIpc) is 2.18. The van der Waals surface area contributed by atoms with Crippen LogP contribution in [-0.4, -0.2) is 37.6 Å². The largest absolute Gasteiger partial charge is 0.327 e. The minimum absolute atomic E-state index is 0.103. The second-order valence-electron chi connectivity index (χ2n) is 4.56. The molecule has 1 aliphatic rings. The van der Waals surface area contributed by atoms with Crippen molar-refractivity contribution in [1.82, 2.24) is 4.31 Å². The minimum Gasteiger partial charge on any atom is -0.327 e. The van der Waals surface area contributed by atoms with E-state index in [4.69, 9.17) is 5.73 Å². The van der Waals surface area contributed by atoms with E-state index in [1.807, 2.05) is 6.92 Å². The minimum atomic E-state index is -3.10. The molecule has 1 saturated carbocycles. The van der Waals surface area contributed by atoms with E-state index in [9.17, 15) is 8.42 Å². The van der Waals surface area contributed by atoms with Gasteiger partial charge in [-0.25, -0.2) is 12.7 Å². The Bertz CT molecular complexity index is 282. The lowest BCUT2D eigenvalue weighted by atomic mass is 10.0. The molecular weight excluding hydrogens is 212 g/mol. The van der Waals surface area contributed by atoms with Gasteiger partial charge >= 0.3 is 0 Å². The highest BCUT2D eigenvalue weighted by atomic mass is 32.2. The predicted octanol–water partition coefficient (Wildman–Crippen LogP) is 0.928. The molecule has 1 unspecified atom stereocenters. The van der Waals surface area contributed by atoms with Crippen molar-refractivity contribution in [3.05, 3.63) is 0 Å². The van der Waals surface area contributed by atoms with Crippen molar-refractivity contribution < 1.29 is 8.42 Å². The van der Waals surface area contributed by atoms with Crippen molar-refractivity contribution in [2.75, 3.05) is 13.6 Å². The van der Waals surface area contributed by atoms with Crippen molar-refractivity contribution in [1.29, 1.82) is 0 Å². The molecule has 0 bridgehead atoms. The molecular formula is C10H22N2O2S. The molecule has 4 nitrogen and oxygen atoms in total. The van der Waals surface area contributed by atoms with Crippen molar-refractivity contribution in [2.24, 2.45) is 5.73 Å². The molecule has 0 spiro atoms. The van der Waals surface area contributed by atoms with Crippen LogP contribution >= 0.6 is 0 Å². The average molecular weight is 234 g/mol. The van der Waals surface area contributed by atoms with E-state index in [1.54, 1.807) is 7.05 Å². The van der Waals surface area contributed by atoms with Crippen molar-refractivity contribution in [2.45, 2.75) is 50.3 Å². The first kappa shape index (κ1) is 12.9. The van der Waals surface area contributed by atoms with Crippen molar-refractivity contribution in [3.63, 3.8) is 0 Å². The zero-order valence-electron chi connectivity index (χ0n) is 9.65. The Morgan fingerprint density at radius 1 is 1.33 bits per heavy atom. The van der Waals surface area contributed by atoms with Crippen LogP contribution in [0.2, 0.25) is 0 Å². The highest BCUT2D eigenvalue weighted by Crippen LogP contribution is 2.25. The predicted molar refractivity (Wildman–Crippen MR) is 62.1 cm³/mol. The molecule has 1 fully saturated rings. The van der Waals surface area contributed by atoms with Crippen LogP contribution in [0.4, 0.5) is 0 Å². The van der Waals surface area contributed by atoms with Gasteiger partial charge in [-0.2, -0.15) is 0 Å². The van der Waals surface area contributed by atoms with E-state index in [-0.39, 0.29) is 11.3 Å². The molecule has 0 heterocycles. The van der Waals surface area contributed by atoms with E-state index in [0.29, 0.717) is 6.54 Å². The highest BCUT2D eigenvalue weighted by Gasteiger charge is 2.30. The summed E-state index contributed by atoms with van der Waals surface area (Å²) in [5.41, 5.74) is 5.61. The Morgan fingerprint density at radius 3 is 2.33 bits per heavy atom. The Hall–Kier alpha value is -0.130. The summed E-state index contributed by atoms with van der Waals surface area (Å²) in [6.07, 6.45) is 4.87. The smallest absolute Gasteiger partial charge is 0.216 e. The van der Waals surface area contributed by atoms with Crippen molar-refractivity contribution in [3.8, 4) is 0 Å². The van der Waals surface area contributed by atoms with E-state index < -0.39 is 10.0 Å². The molecule has 0 aliphatic heterocycles. The molecule has 1 atom stereocenters. The Morgan fingerprint density at radius 2 is 1.87 bits per heavy atom. The molecule has 0 aromatic carbocycles. The van der Waals surface area contributed by atoms with E-state index >= 15 is 0 Å². The first-order valence-electron chi connectivity index (χ1n) is 5.65. The quantitative estimate of drug-likeness (QED) is 0.787. The van der Waals surface area contributed by atoms with Gasteiger partial charge in [-0.3, -0.25) is 0 Å². The molecule has 0 saturated heterocycles. The van der Waals surface area contributed by atoms with Gasteiger partial charge in [0, 0.05) is 19.6 Å². The first-order valence-corrected chi connectivity index (χ1v) is 7.15. The molecule has 15 heavy (non-hydrogen) atoms. The topological polar surface area (TPSA) is 63.4 Å². The second kappa shape index (κ2) is 5.27. The Kier molecular flexibility index (Phi) is 4.55. The highest BCUT2D eigenvalue weighted by molar-refractivity contribution is 7.89. The van der Waals surface area contributed by atoms with Gasteiger partial charge in [0.15, 0.2) is 0 Å². The lowest BCUT2D eigenvalue weighted by Crippen LogP contribution is -2.42. The lowest BCUT2D eigenvalue weighted by molar-refractivity contribution is 0.412. The number of likely N-dealkylation sites (N-methyl/N-ethyl adjacent to an activating group) is 1. The maximum absolute atomic E-state index is 12.1. The van der Waals surface area contributed by atoms with E-state index in [2.05, 4.69) is 0 Å². The molecule has 0 radical (unpaired) electrons. The zero-order chi connectivity index (χ0) is 11.5. The zero-order valence-corrected chi connectivity index (χ0v) is 10.5. The van der Waals surface area contributed by atoms with Crippen LogP contribution in [-0.2, 0) is 10.0 Å². The van der Waals surface area contributed by atoms with Crippen LogP contribution in [0.1, 0.15) is 39.0 Å². The third-order valence-corrected chi connectivity index (χ3v) is 5.28. The van der Waals surface area contributed by atoms with Gasteiger partial charge in [-0.05, 0) is 19.8 Å². The number of nitrogens with zero attached hydrogens (tertiary/aromatic N) is 1. The SMILES string of the molecule is CC(N)CN(C)S(=O)(=O)C1CCCCC1. The maximum atomic E-state index is 12.1. The number of hydrogen-bond acceptors (Lipinski definition) is 3. The molecule has 1 aliphatic carbocycles. The van der Waals surface area contributed by atoms with Crippen LogP contribution in [0.15, 0.2) is 0 Å². The van der Waals surface area contributed by atoms with Gasteiger partial charge in [-0.15, -0.1) is 0 Å². The standard InChI is InChI=1S/C10H22N2O2S/c1-9(11)8-12(2)15(13,14)10-6-4-3-5-7-10/h9-10H,3-8,11H2,1-2H3. The molecule has 0 aromatic rings. The number of rotatable bonds is 4. The third kappa shape index (κ3) is 3.43. The first-order chi connectivity index (χ1) is 6.94. The monoisotopic (exact) mass is 234 g/mol. The molecule has 2 N–H and O–H groups in total. The molecule has 90 valence electrons. The fourth-order valence-electron chi connectivity index (χ4n) is 2.13. The number of sulfonamides is 1. The normalized spacial score (nSPS) is 21.9. The maximum Gasteiger partial charge on any atom is 0.216 e. The summed E-state index contributed by atoms with van der Waals surface area (Å²) in [6.45, 7) is 2.24. The van der Waals surface area contributed by atoms with Crippen LogP contribution in [0.3, 0.4) is 0 Å². The van der Waals surface area contributed by atoms with Gasteiger partial charge in [0.1, 0.15) is 0 Å². The summed E-state index contributed by atoms with van der Waals surface area (Å²) in [5, 5.41) is -0.171. The van der Waals surface area contributed by atoms with Gasteiger partial charge in [0.05, 0.1) is 5.25 Å². The van der Waals surface area contributed by atoms with Crippen LogP contribution in [0.5, 0.6) is 0 Å². The number of nitrogens with two attached hydrogens (primary N) is 1. The Balaban J connectivity index is 2.63. The fraction of sp³-hybridized carbons (Fsp3) is 1.00. The Labute approximate surface area is 92.9 Å². The van der Waals surface area contributed by atoms with E-state index in [0.717, 1.165) is 25.7 Å². The fourth-order valence-corrected chi connectivity index (χ4v) is 4.01. The van der Waals surface area contributed by atoms with Crippen LogP contribution in [0, 0.1) is 0 Å². The van der Waals surface area contributed by atoms with Gasteiger partial charge in [0.25, 0.3) is 0 Å². The summed E-state index contributed by atoms with van der Waals surface area (Å²) >= 11 is 0. The third-order valence-electron chi connectivity index (χ3n) is 2.95. The summed E-state index contributed by atoms with van der Waals surface area (Å²) < 4.78 is 25.6. The number of hydrogen-bond donors (Lipinski definition) is 1. The summed E-state index contributed by atoms with van der Waals surface area (Å²) in [7, 11) is -1.47. The van der Waals surface area contributed by atoms with Gasteiger partial charge in [0.2, 0.25) is 10.0 Å². The van der Waals surface area contributed by atoms with Crippen molar-refractivity contribution >= 4 is 10.0 Å². The van der Waals surface area contributed by atoms with Crippen LogP contribution in [0.25, 0.3) is 0 Å². The molecule has 1 rings (SSSR count). The molecule has 0 aromatic heterocycles. The lowest BCUT2D eigenvalue weighted by Gasteiger charge is -2.27. The summed E-state index contributed by atoms with van der Waals surface area (Å²) in [6, 6.07) is -0.103. The second-order valence-corrected chi connectivity index (χ2v) is 6.88. The van der Waals surface area contributed by atoms with Gasteiger partial charge < -0.3 is 5.73 Å². The van der Waals surface area contributed by atoms with E-state index in [1.165, 1.54) is 10.7 Å². The van der Waals surface area contributed by atoms with Crippen LogP contribution < -0.4 is 5.73 Å².